The summed E-state index contributed by atoms with van der Waals surface area (Å²) in [5.74, 6) is 0.575. The zero-order valence-electron chi connectivity index (χ0n) is 11.8. The van der Waals surface area contributed by atoms with Crippen molar-refractivity contribution in [1.82, 2.24) is 10.2 Å². The topological polar surface area (TPSA) is 78.5 Å². The molecule has 1 amide bonds. The van der Waals surface area contributed by atoms with Gasteiger partial charge in [0, 0.05) is 19.2 Å². The highest BCUT2D eigenvalue weighted by Gasteiger charge is 2.32. The van der Waals surface area contributed by atoms with E-state index in [4.69, 9.17) is 4.74 Å². The van der Waals surface area contributed by atoms with E-state index in [1.165, 1.54) is 12.1 Å². The Hall–Kier alpha value is -2.83. The fourth-order valence-corrected chi connectivity index (χ4v) is 2.92. The molecule has 22 heavy (non-hydrogen) atoms. The van der Waals surface area contributed by atoms with Gasteiger partial charge in [0.2, 0.25) is 0 Å². The molecule has 1 aromatic heterocycles. The minimum atomic E-state index is -0.327. The molecule has 0 bridgehead atoms. The molecule has 0 spiro atoms. The average Bonchev–Trinajstić information content (AvgIpc) is 2.56. The van der Waals surface area contributed by atoms with Crippen LogP contribution in [-0.2, 0) is 0 Å². The summed E-state index contributed by atoms with van der Waals surface area (Å²) in [6.07, 6.45) is 0. The summed E-state index contributed by atoms with van der Waals surface area (Å²) in [7, 11) is 0. The van der Waals surface area contributed by atoms with Crippen molar-refractivity contribution in [3.63, 3.8) is 0 Å². The third kappa shape index (κ3) is 1.93. The number of hydrogen-bond donors (Lipinski definition) is 1. The fourth-order valence-electron chi connectivity index (χ4n) is 2.92. The Bertz CT molecular complexity index is 781. The standard InChI is InChI=1S/C15H14N4O3/c20-13-5-4-10(16-17-13)15(21)19-7-6-18-8-9-22-12-3-1-2-11(19)14(12)18/h1-5H,6-9H2,(H,17,20). The second kappa shape index (κ2) is 4.87. The van der Waals surface area contributed by atoms with Crippen LogP contribution in [0.2, 0.25) is 0 Å². The monoisotopic (exact) mass is 298 g/mol. The first kappa shape index (κ1) is 12.9. The number of aromatic amines is 1. The van der Waals surface area contributed by atoms with Gasteiger partial charge in [0.25, 0.3) is 11.5 Å². The Morgan fingerprint density at radius 1 is 1.18 bits per heavy atom. The Morgan fingerprint density at radius 2 is 2.09 bits per heavy atom. The summed E-state index contributed by atoms with van der Waals surface area (Å²) in [6.45, 7) is 2.81. The Labute approximate surface area is 126 Å². The van der Waals surface area contributed by atoms with Crippen LogP contribution in [0, 0.1) is 0 Å². The number of H-pyrrole nitrogens is 1. The first-order valence-corrected chi connectivity index (χ1v) is 7.12. The van der Waals surface area contributed by atoms with E-state index >= 15 is 0 Å². The molecule has 2 aliphatic heterocycles. The van der Waals surface area contributed by atoms with Crippen molar-refractivity contribution < 1.29 is 9.53 Å². The van der Waals surface area contributed by atoms with Gasteiger partial charge in [-0.1, -0.05) is 6.07 Å². The van der Waals surface area contributed by atoms with Gasteiger partial charge in [-0.3, -0.25) is 9.59 Å². The summed E-state index contributed by atoms with van der Waals surface area (Å²) in [5, 5.41) is 6.13. The largest absolute Gasteiger partial charge is 0.489 e. The number of aromatic nitrogens is 2. The van der Waals surface area contributed by atoms with Crippen molar-refractivity contribution in [2.75, 3.05) is 36.0 Å². The molecule has 4 rings (SSSR count). The molecule has 7 heteroatoms. The number of carbonyl (C=O) groups excluding carboxylic acids is 1. The lowest BCUT2D eigenvalue weighted by atomic mass is 10.1. The van der Waals surface area contributed by atoms with Crippen molar-refractivity contribution in [3.05, 3.63) is 46.4 Å². The second-order valence-corrected chi connectivity index (χ2v) is 5.22. The van der Waals surface area contributed by atoms with Crippen molar-refractivity contribution in [1.29, 1.82) is 0 Å². The van der Waals surface area contributed by atoms with E-state index in [9.17, 15) is 9.59 Å². The Morgan fingerprint density at radius 3 is 2.91 bits per heavy atom. The van der Waals surface area contributed by atoms with Crippen LogP contribution >= 0.6 is 0 Å². The molecule has 0 atom stereocenters. The van der Waals surface area contributed by atoms with Crippen LogP contribution in [0.25, 0.3) is 0 Å². The lowest BCUT2D eigenvalue weighted by molar-refractivity contribution is 0.0980. The summed E-state index contributed by atoms with van der Waals surface area (Å²) >= 11 is 0. The molecule has 1 aromatic carbocycles. The van der Waals surface area contributed by atoms with Crippen LogP contribution in [0.15, 0.2) is 35.1 Å². The van der Waals surface area contributed by atoms with Crippen LogP contribution in [0.1, 0.15) is 10.5 Å². The average molecular weight is 298 g/mol. The lowest BCUT2D eigenvalue weighted by Crippen LogP contribution is -2.47. The summed E-state index contributed by atoms with van der Waals surface area (Å²) in [4.78, 5) is 27.7. The van der Waals surface area contributed by atoms with Crippen LogP contribution in [0.5, 0.6) is 5.75 Å². The number of para-hydroxylation sites is 1. The van der Waals surface area contributed by atoms with Crippen LogP contribution < -0.4 is 20.1 Å². The maximum absolute atomic E-state index is 12.7. The van der Waals surface area contributed by atoms with Gasteiger partial charge in [-0.25, -0.2) is 5.10 Å². The van der Waals surface area contributed by atoms with E-state index in [1.54, 1.807) is 4.90 Å². The van der Waals surface area contributed by atoms with E-state index in [0.29, 0.717) is 13.2 Å². The number of hydrogen-bond acceptors (Lipinski definition) is 5. The molecule has 0 saturated carbocycles. The van der Waals surface area contributed by atoms with Gasteiger partial charge >= 0.3 is 0 Å². The SMILES string of the molecule is O=C(c1ccc(=O)[nH]n1)N1CCN2CCOc3cccc1c32. The van der Waals surface area contributed by atoms with Gasteiger partial charge in [-0.2, -0.15) is 5.10 Å². The first-order valence-electron chi connectivity index (χ1n) is 7.12. The van der Waals surface area contributed by atoms with Crippen molar-refractivity contribution in [2.24, 2.45) is 0 Å². The maximum Gasteiger partial charge on any atom is 0.278 e. The molecule has 0 saturated heterocycles. The van der Waals surface area contributed by atoms with E-state index in [1.807, 2.05) is 18.2 Å². The molecule has 7 nitrogen and oxygen atoms in total. The minimum Gasteiger partial charge on any atom is -0.489 e. The molecule has 1 N–H and O–H groups in total. The summed E-state index contributed by atoms with van der Waals surface area (Å²) < 4.78 is 5.68. The number of nitrogens with zero attached hydrogens (tertiary/aromatic N) is 3. The number of benzene rings is 1. The highest BCUT2D eigenvalue weighted by Crippen LogP contribution is 2.42. The quantitative estimate of drug-likeness (QED) is 0.835. The van der Waals surface area contributed by atoms with E-state index in [2.05, 4.69) is 15.1 Å². The van der Waals surface area contributed by atoms with Crippen LogP contribution in [-0.4, -0.2) is 42.3 Å². The summed E-state index contributed by atoms with van der Waals surface area (Å²) in [6, 6.07) is 8.45. The summed E-state index contributed by atoms with van der Waals surface area (Å²) in [5.41, 5.74) is 1.67. The van der Waals surface area contributed by atoms with E-state index < -0.39 is 0 Å². The number of carbonyl (C=O) groups is 1. The third-order valence-electron chi connectivity index (χ3n) is 3.94. The number of ether oxygens (including phenoxy) is 1. The third-order valence-corrected chi connectivity index (χ3v) is 3.94. The molecular weight excluding hydrogens is 284 g/mol. The highest BCUT2D eigenvalue weighted by molar-refractivity contribution is 6.07. The van der Waals surface area contributed by atoms with Gasteiger partial charge in [0.1, 0.15) is 23.7 Å². The number of anilines is 2. The van der Waals surface area contributed by atoms with Crippen molar-refractivity contribution >= 4 is 17.3 Å². The lowest BCUT2D eigenvalue weighted by Gasteiger charge is -2.40. The zero-order chi connectivity index (χ0) is 15.1. The van der Waals surface area contributed by atoms with Gasteiger partial charge in [0.15, 0.2) is 0 Å². The Balaban J connectivity index is 1.76. The van der Waals surface area contributed by atoms with E-state index in [-0.39, 0.29) is 17.2 Å². The van der Waals surface area contributed by atoms with Gasteiger partial charge < -0.3 is 14.5 Å². The molecular formula is C15H14N4O3. The first-order chi connectivity index (χ1) is 10.7. The van der Waals surface area contributed by atoms with Crippen molar-refractivity contribution in [2.45, 2.75) is 0 Å². The van der Waals surface area contributed by atoms with Crippen LogP contribution in [0.3, 0.4) is 0 Å². The van der Waals surface area contributed by atoms with Gasteiger partial charge in [0.05, 0.1) is 12.2 Å². The minimum absolute atomic E-state index is 0.224. The van der Waals surface area contributed by atoms with Gasteiger partial charge in [-0.05, 0) is 18.2 Å². The molecule has 0 unspecified atom stereocenters. The Kier molecular flexibility index (Phi) is 2.85. The van der Waals surface area contributed by atoms with Crippen molar-refractivity contribution in [3.8, 4) is 5.75 Å². The molecule has 2 aromatic rings. The number of nitrogens with one attached hydrogen (secondary N) is 1. The predicted octanol–water partition coefficient (Wildman–Crippen LogP) is 0.629. The predicted molar refractivity (Wildman–Crippen MR) is 80.7 cm³/mol. The smallest absolute Gasteiger partial charge is 0.278 e. The molecule has 112 valence electrons. The molecule has 2 aliphatic rings. The van der Waals surface area contributed by atoms with Crippen LogP contribution in [0.4, 0.5) is 11.4 Å². The fraction of sp³-hybridized carbons (Fsp3) is 0.267. The number of rotatable bonds is 1. The number of amides is 1. The maximum atomic E-state index is 12.7. The highest BCUT2D eigenvalue weighted by atomic mass is 16.5. The van der Waals surface area contributed by atoms with Gasteiger partial charge in [-0.15, -0.1) is 0 Å². The molecule has 0 aliphatic carbocycles. The second-order valence-electron chi connectivity index (χ2n) is 5.22. The molecule has 3 heterocycles. The zero-order valence-corrected chi connectivity index (χ0v) is 11.8. The molecule has 0 fully saturated rings. The normalized spacial score (nSPS) is 16.0. The van der Waals surface area contributed by atoms with E-state index in [0.717, 1.165) is 30.2 Å². The molecule has 0 radical (unpaired) electrons.